The minimum Gasteiger partial charge on any atom is -0.494 e. The van der Waals surface area contributed by atoms with Gasteiger partial charge in [-0.1, -0.05) is 42.6 Å². The third-order valence-electron chi connectivity index (χ3n) is 11.1. The predicted octanol–water partition coefficient (Wildman–Crippen LogP) is 7.55. The molecule has 4 N–H and O–H groups in total. The van der Waals surface area contributed by atoms with E-state index in [4.69, 9.17) is 16.3 Å². The third kappa shape index (κ3) is 10.4. The van der Waals surface area contributed by atoms with Gasteiger partial charge in [-0.2, -0.15) is 4.98 Å². The number of unbranched alkanes of at least 4 members (excludes halogenated alkanes) is 3. The minimum absolute atomic E-state index is 0.125. The number of halogens is 1. The molecule has 0 bridgehead atoms. The Morgan fingerprint density at radius 1 is 0.949 bits per heavy atom. The molecule has 16 heteroatoms. The van der Waals surface area contributed by atoms with Crippen LogP contribution in [0.2, 0.25) is 5.02 Å². The molecule has 59 heavy (non-hydrogen) atoms. The first-order valence-electron chi connectivity index (χ1n) is 20.3. The number of carbonyl (C=O) groups is 3. The van der Waals surface area contributed by atoms with Crippen molar-refractivity contribution in [2.75, 3.05) is 61.4 Å². The van der Waals surface area contributed by atoms with Gasteiger partial charge in [-0.05, 0) is 99.7 Å². The Bertz CT molecular complexity index is 2230. The Labute approximate surface area is 355 Å². The molecule has 1 aromatic heterocycles. The summed E-state index contributed by atoms with van der Waals surface area (Å²) in [5.74, 6) is 1.62. The minimum atomic E-state index is -2.54. The number of hydrogen-bond acceptors (Lipinski definition) is 12. The Hall–Kier alpha value is -4.62. The zero-order valence-electron chi connectivity index (χ0n) is 33.8. The first kappa shape index (κ1) is 42.5. The van der Waals surface area contributed by atoms with Crippen molar-refractivity contribution >= 4 is 82.4 Å². The van der Waals surface area contributed by atoms with Crippen molar-refractivity contribution in [3.8, 4) is 5.75 Å². The fourth-order valence-electron chi connectivity index (χ4n) is 7.89. The number of methoxy groups -OCH3 is 1. The molecule has 13 nitrogen and oxygen atoms in total. The van der Waals surface area contributed by atoms with Gasteiger partial charge in [0.2, 0.25) is 17.8 Å². The lowest BCUT2D eigenvalue weighted by Crippen LogP contribution is -2.52. The van der Waals surface area contributed by atoms with E-state index in [2.05, 4.69) is 48.3 Å². The second-order valence-electron chi connectivity index (χ2n) is 15.6. The number of piperidine rings is 2. The number of hydrogen-bond donors (Lipinski definition) is 4. The largest absolute Gasteiger partial charge is 0.494 e. The van der Waals surface area contributed by atoms with E-state index in [0.29, 0.717) is 52.8 Å². The van der Waals surface area contributed by atoms with Crippen LogP contribution in [0.1, 0.15) is 67.3 Å². The molecule has 0 spiro atoms. The van der Waals surface area contributed by atoms with Crippen LogP contribution >= 0.6 is 30.5 Å². The van der Waals surface area contributed by atoms with Gasteiger partial charge < -0.3 is 35.1 Å². The summed E-state index contributed by atoms with van der Waals surface area (Å²) in [5.41, 5.74) is 4.18. The molecule has 0 aliphatic carbocycles. The lowest BCUT2D eigenvalue weighted by atomic mass is 10.0. The molecule has 0 saturated carbocycles. The Morgan fingerprint density at radius 2 is 1.75 bits per heavy atom. The topological polar surface area (TPSA) is 158 Å². The van der Waals surface area contributed by atoms with E-state index in [1.807, 2.05) is 48.5 Å². The van der Waals surface area contributed by atoms with Gasteiger partial charge >= 0.3 is 0 Å². The lowest BCUT2D eigenvalue weighted by molar-refractivity contribution is -0.136. The van der Waals surface area contributed by atoms with Crippen LogP contribution in [0.15, 0.2) is 71.8 Å². The molecule has 3 aliphatic heterocycles. The SMILES string of the molecule is COc1cc(N2CCC(NCCCCCCSc3cccc4c3CN(C3CCC(=O)NC3=O)C4=O)CC2)ccc1Nc1ncc(Cl)c(Nc2ccccc2P(C)(C)=O)n1. The summed E-state index contributed by atoms with van der Waals surface area (Å²) >= 11 is 8.25. The number of rotatable bonds is 17. The number of imide groups is 1. The normalized spacial score (nSPS) is 17.2. The van der Waals surface area contributed by atoms with Crippen LogP contribution in [0.3, 0.4) is 0 Å². The summed E-state index contributed by atoms with van der Waals surface area (Å²) in [4.78, 5) is 51.3. The zero-order chi connectivity index (χ0) is 41.5. The van der Waals surface area contributed by atoms with Gasteiger partial charge in [0, 0.05) is 59.6 Å². The number of carbonyl (C=O) groups excluding carboxylic acids is 3. The monoisotopic (exact) mass is 858 g/mol. The molecule has 4 aromatic rings. The number of fused-ring (bicyclic) bond motifs is 1. The molecule has 0 radical (unpaired) electrons. The number of benzene rings is 3. The molecule has 7 rings (SSSR count). The maximum atomic E-state index is 13.1. The van der Waals surface area contributed by atoms with Crippen LogP contribution in [0.25, 0.3) is 0 Å². The number of aromatic nitrogens is 2. The maximum absolute atomic E-state index is 13.1. The zero-order valence-corrected chi connectivity index (χ0v) is 36.2. The highest BCUT2D eigenvalue weighted by Gasteiger charge is 2.39. The van der Waals surface area contributed by atoms with Crippen molar-refractivity contribution in [1.29, 1.82) is 0 Å². The first-order valence-corrected chi connectivity index (χ1v) is 24.2. The quantitative estimate of drug-likeness (QED) is 0.0359. The van der Waals surface area contributed by atoms with Crippen LogP contribution in [-0.4, -0.2) is 90.5 Å². The highest BCUT2D eigenvalue weighted by Crippen LogP contribution is 2.39. The van der Waals surface area contributed by atoms with Crippen LogP contribution in [0, 0.1) is 0 Å². The second kappa shape index (κ2) is 19.2. The highest BCUT2D eigenvalue weighted by atomic mass is 35.5. The van der Waals surface area contributed by atoms with Crippen LogP contribution in [-0.2, 0) is 20.7 Å². The van der Waals surface area contributed by atoms with Crippen molar-refractivity contribution in [2.24, 2.45) is 0 Å². The third-order valence-corrected chi connectivity index (χ3v) is 14.1. The average molecular weight is 859 g/mol. The number of anilines is 5. The standard InChI is InChI=1S/C43H52ClN8O5PS/c1-57-36-25-29(15-16-33(36)48-43-46-26-32(44)40(50-43)47-34-12-6-7-13-37(34)58(2,3)56)51-22-19-28(20-23-51)45-21-8-4-5-9-24-59-38-14-10-11-30-31(38)27-52(42(30)55)35-17-18-39(53)49-41(35)54/h6-7,10-16,25-26,28,35,45H,4-5,8-9,17-24,27H2,1-3H3,(H,49,53,54)(H2,46,47,48,50). The van der Waals surface area contributed by atoms with E-state index in [9.17, 15) is 18.9 Å². The summed E-state index contributed by atoms with van der Waals surface area (Å²) in [6.45, 7) is 6.78. The van der Waals surface area contributed by atoms with Crippen LogP contribution in [0.5, 0.6) is 5.75 Å². The van der Waals surface area contributed by atoms with E-state index in [1.165, 1.54) is 6.20 Å². The van der Waals surface area contributed by atoms with Gasteiger partial charge in [-0.25, -0.2) is 4.98 Å². The summed E-state index contributed by atoms with van der Waals surface area (Å²) in [6.07, 6.45) is 8.82. The summed E-state index contributed by atoms with van der Waals surface area (Å²) in [5, 5.41) is 13.7. The number of ether oxygens (including phenoxy) is 1. The van der Waals surface area contributed by atoms with E-state index in [-0.39, 0.29) is 24.1 Å². The molecule has 3 amide bonds. The van der Waals surface area contributed by atoms with Gasteiger partial charge in [-0.3, -0.25) is 19.7 Å². The molecular formula is C43H52ClN8O5PS. The van der Waals surface area contributed by atoms with Gasteiger partial charge in [0.05, 0.1) is 24.7 Å². The highest BCUT2D eigenvalue weighted by molar-refractivity contribution is 7.99. The molecule has 2 fully saturated rings. The Kier molecular flexibility index (Phi) is 13.8. The van der Waals surface area contributed by atoms with Gasteiger partial charge in [0.1, 0.15) is 24.0 Å². The maximum Gasteiger partial charge on any atom is 0.255 e. The van der Waals surface area contributed by atoms with E-state index < -0.39 is 13.2 Å². The molecule has 3 aliphatic rings. The lowest BCUT2D eigenvalue weighted by Gasteiger charge is -2.34. The fourth-order valence-corrected chi connectivity index (χ4v) is 10.3. The van der Waals surface area contributed by atoms with Crippen molar-refractivity contribution in [2.45, 2.75) is 74.9 Å². The average Bonchev–Trinajstić information content (AvgIpc) is 3.56. The first-order chi connectivity index (χ1) is 28.5. The van der Waals surface area contributed by atoms with Crippen molar-refractivity contribution in [3.63, 3.8) is 0 Å². The van der Waals surface area contributed by atoms with Gasteiger partial charge in [0.25, 0.3) is 5.91 Å². The molecular weight excluding hydrogens is 807 g/mol. The molecule has 312 valence electrons. The van der Waals surface area contributed by atoms with E-state index in [0.717, 1.165) is 91.1 Å². The van der Waals surface area contributed by atoms with Crippen molar-refractivity contribution in [3.05, 3.63) is 83.0 Å². The predicted molar refractivity (Wildman–Crippen MR) is 237 cm³/mol. The van der Waals surface area contributed by atoms with Crippen LogP contribution < -0.4 is 36.2 Å². The second-order valence-corrected chi connectivity index (χ2v) is 20.3. The van der Waals surface area contributed by atoms with Gasteiger partial charge in [0.15, 0.2) is 5.82 Å². The number of amides is 3. The molecule has 2 saturated heterocycles. The Morgan fingerprint density at radius 3 is 2.53 bits per heavy atom. The van der Waals surface area contributed by atoms with Crippen molar-refractivity contribution in [1.82, 2.24) is 25.5 Å². The smallest absolute Gasteiger partial charge is 0.255 e. The fraction of sp³-hybridized carbons (Fsp3) is 0.419. The number of nitrogens with one attached hydrogen (secondary N) is 4. The summed E-state index contributed by atoms with van der Waals surface area (Å²) in [7, 11) is -0.891. The molecule has 1 atom stereocenters. The van der Waals surface area contributed by atoms with E-state index >= 15 is 0 Å². The number of nitrogens with zero attached hydrogens (tertiary/aromatic N) is 4. The Balaban J connectivity index is 0.815. The summed E-state index contributed by atoms with van der Waals surface area (Å²) in [6, 6.07) is 19.3. The van der Waals surface area contributed by atoms with E-state index in [1.54, 1.807) is 37.1 Å². The van der Waals surface area contributed by atoms with Gasteiger partial charge in [-0.15, -0.1) is 11.8 Å². The molecule has 4 heterocycles. The summed E-state index contributed by atoms with van der Waals surface area (Å²) < 4.78 is 18.7. The van der Waals surface area contributed by atoms with Crippen LogP contribution in [0.4, 0.5) is 28.8 Å². The van der Waals surface area contributed by atoms with Crippen molar-refractivity contribution < 1.29 is 23.7 Å². The number of thioether (sulfide) groups is 1. The molecule has 3 aromatic carbocycles. The molecule has 1 unspecified atom stereocenters. The number of para-hydroxylation sites is 1.